The number of ketones is 1. The second kappa shape index (κ2) is 6.80. The molecule has 0 aliphatic rings. The molecule has 0 aromatic carbocycles. The molecule has 0 unspecified atom stereocenters. The van der Waals surface area contributed by atoms with Crippen LogP contribution in [0, 0.1) is 0 Å². The van der Waals surface area contributed by atoms with Crippen LogP contribution >= 0.6 is 11.3 Å². The number of carbonyl (C=O) groups excluding carboxylic acids is 2. The molecular formula is C14H13NO3S. The van der Waals surface area contributed by atoms with Crippen LogP contribution in [0.3, 0.4) is 0 Å². The summed E-state index contributed by atoms with van der Waals surface area (Å²) in [5.41, 5.74) is 0.834. The number of aromatic nitrogens is 1. The van der Waals surface area contributed by atoms with Crippen molar-refractivity contribution in [3.63, 3.8) is 0 Å². The SMILES string of the molecule is O=C(CCC(=O)c1cccs1)OCc1cccnc1. The van der Waals surface area contributed by atoms with Crippen molar-refractivity contribution >= 4 is 23.1 Å². The maximum atomic E-state index is 11.7. The number of rotatable bonds is 6. The number of ether oxygens (including phenoxy) is 1. The molecule has 4 nitrogen and oxygen atoms in total. The van der Waals surface area contributed by atoms with E-state index >= 15 is 0 Å². The monoisotopic (exact) mass is 275 g/mol. The lowest BCUT2D eigenvalue weighted by molar-refractivity contribution is -0.144. The molecule has 0 amide bonds. The van der Waals surface area contributed by atoms with E-state index in [0.717, 1.165) is 5.56 Å². The zero-order valence-corrected chi connectivity index (χ0v) is 11.1. The first-order valence-electron chi connectivity index (χ1n) is 5.87. The lowest BCUT2D eigenvalue weighted by atomic mass is 10.2. The Morgan fingerprint density at radius 1 is 1.21 bits per heavy atom. The number of hydrogen-bond donors (Lipinski definition) is 0. The smallest absolute Gasteiger partial charge is 0.306 e. The first-order chi connectivity index (χ1) is 9.25. The molecule has 0 radical (unpaired) electrons. The lowest BCUT2D eigenvalue weighted by Crippen LogP contribution is -2.07. The van der Waals surface area contributed by atoms with Gasteiger partial charge < -0.3 is 4.74 Å². The Balaban J connectivity index is 1.72. The van der Waals surface area contributed by atoms with Gasteiger partial charge in [0.05, 0.1) is 11.3 Å². The predicted molar refractivity (Wildman–Crippen MR) is 71.9 cm³/mol. The second-order valence-corrected chi connectivity index (χ2v) is 4.87. The fourth-order valence-corrected chi connectivity index (χ4v) is 2.19. The molecule has 5 heteroatoms. The molecule has 0 saturated heterocycles. The van der Waals surface area contributed by atoms with Crippen molar-refractivity contribution in [3.05, 3.63) is 52.5 Å². The first kappa shape index (κ1) is 13.4. The van der Waals surface area contributed by atoms with Crippen LogP contribution in [-0.4, -0.2) is 16.7 Å². The zero-order chi connectivity index (χ0) is 13.5. The Bertz CT molecular complexity index is 537. The van der Waals surface area contributed by atoms with Crippen LogP contribution in [0.25, 0.3) is 0 Å². The molecule has 2 aromatic heterocycles. The summed E-state index contributed by atoms with van der Waals surface area (Å²) in [5, 5.41) is 1.84. The third-order valence-corrected chi connectivity index (χ3v) is 3.39. The fourth-order valence-electron chi connectivity index (χ4n) is 1.50. The molecule has 2 rings (SSSR count). The Hall–Kier alpha value is -2.01. The van der Waals surface area contributed by atoms with Gasteiger partial charge in [-0.2, -0.15) is 0 Å². The first-order valence-corrected chi connectivity index (χ1v) is 6.75. The fraction of sp³-hybridized carbons (Fsp3) is 0.214. The highest BCUT2D eigenvalue weighted by Crippen LogP contribution is 2.12. The summed E-state index contributed by atoms with van der Waals surface area (Å²) in [4.78, 5) is 27.8. The van der Waals surface area contributed by atoms with Crippen molar-refractivity contribution in [2.75, 3.05) is 0 Å². The van der Waals surface area contributed by atoms with Crippen molar-refractivity contribution in [1.29, 1.82) is 0 Å². The van der Waals surface area contributed by atoms with E-state index in [1.807, 2.05) is 17.5 Å². The van der Waals surface area contributed by atoms with Gasteiger partial charge in [0.25, 0.3) is 0 Å². The van der Waals surface area contributed by atoms with Crippen LogP contribution < -0.4 is 0 Å². The van der Waals surface area contributed by atoms with Crippen molar-refractivity contribution in [2.45, 2.75) is 19.4 Å². The summed E-state index contributed by atoms with van der Waals surface area (Å²) in [6, 6.07) is 7.19. The molecule has 0 bridgehead atoms. The number of nitrogens with zero attached hydrogens (tertiary/aromatic N) is 1. The molecule has 98 valence electrons. The topological polar surface area (TPSA) is 56.3 Å². The second-order valence-electron chi connectivity index (χ2n) is 3.92. The lowest BCUT2D eigenvalue weighted by Gasteiger charge is -2.03. The molecule has 0 N–H and O–H groups in total. The van der Waals surface area contributed by atoms with E-state index in [9.17, 15) is 9.59 Å². The molecule has 0 fully saturated rings. The molecule has 0 atom stereocenters. The van der Waals surface area contributed by atoms with E-state index < -0.39 is 0 Å². The van der Waals surface area contributed by atoms with Gasteiger partial charge in [0.2, 0.25) is 0 Å². The largest absolute Gasteiger partial charge is 0.461 e. The highest BCUT2D eigenvalue weighted by Gasteiger charge is 2.10. The van der Waals surface area contributed by atoms with E-state index in [2.05, 4.69) is 4.98 Å². The number of thiophene rings is 1. The van der Waals surface area contributed by atoms with Gasteiger partial charge in [0.15, 0.2) is 5.78 Å². The Morgan fingerprint density at radius 2 is 2.11 bits per heavy atom. The minimum atomic E-state index is -0.367. The van der Waals surface area contributed by atoms with E-state index in [1.165, 1.54) is 11.3 Å². The summed E-state index contributed by atoms with van der Waals surface area (Å²) in [5.74, 6) is -0.387. The molecular weight excluding hydrogens is 262 g/mol. The van der Waals surface area contributed by atoms with Gasteiger partial charge in [-0.05, 0) is 17.5 Å². The molecule has 2 heterocycles. The van der Waals surface area contributed by atoms with Gasteiger partial charge in [0, 0.05) is 24.4 Å². The highest BCUT2D eigenvalue weighted by atomic mass is 32.1. The van der Waals surface area contributed by atoms with Gasteiger partial charge in [-0.25, -0.2) is 0 Å². The van der Waals surface area contributed by atoms with Gasteiger partial charge >= 0.3 is 5.97 Å². The molecule has 0 spiro atoms. The van der Waals surface area contributed by atoms with Crippen molar-refractivity contribution in [1.82, 2.24) is 4.98 Å². The molecule has 19 heavy (non-hydrogen) atoms. The summed E-state index contributed by atoms with van der Waals surface area (Å²) in [7, 11) is 0. The minimum absolute atomic E-state index is 0.0201. The molecule has 0 saturated carbocycles. The molecule has 0 aliphatic carbocycles. The Morgan fingerprint density at radius 3 is 2.79 bits per heavy atom. The third-order valence-electron chi connectivity index (χ3n) is 2.47. The van der Waals surface area contributed by atoms with E-state index in [-0.39, 0.29) is 31.2 Å². The van der Waals surface area contributed by atoms with Crippen LogP contribution in [0.4, 0.5) is 0 Å². The average molecular weight is 275 g/mol. The predicted octanol–water partition coefficient (Wildman–Crippen LogP) is 2.85. The van der Waals surface area contributed by atoms with Crippen LogP contribution in [0.2, 0.25) is 0 Å². The number of Topliss-reactive ketones (excluding diaryl/α,β-unsaturated/α-hetero) is 1. The average Bonchev–Trinajstić information content (AvgIpc) is 2.98. The summed E-state index contributed by atoms with van der Waals surface area (Å²) in [6.45, 7) is 0.194. The van der Waals surface area contributed by atoms with Gasteiger partial charge in [-0.3, -0.25) is 14.6 Å². The maximum Gasteiger partial charge on any atom is 0.306 e. The number of hydrogen-bond acceptors (Lipinski definition) is 5. The number of pyridine rings is 1. The van der Waals surface area contributed by atoms with Gasteiger partial charge in [-0.15, -0.1) is 11.3 Å². The standard InChI is InChI=1S/C14H13NO3S/c16-12(13-4-2-8-19-13)5-6-14(17)18-10-11-3-1-7-15-9-11/h1-4,7-9H,5-6,10H2. The van der Waals surface area contributed by atoms with Crippen LogP contribution in [0.1, 0.15) is 28.1 Å². The van der Waals surface area contributed by atoms with Gasteiger partial charge in [0.1, 0.15) is 6.61 Å². The zero-order valence-electron chi connectivity index (χ0n) is 10.2. The molecule has 2 aromatic rings. The normalized spacial score (nSPS) is 10.1. The number of carbonyl (C=O) groups is 2. The summed E-state index contributed by atoms with van der Waals surface area (Å²) in [6.07, 6.45) is 3.60. The van der Waals surface area contributed by atoms with Crippen LogP contribution in [-0.2, 0) is 16.1 Å². The quantitative estimate of drug-likeness (QED) is 0.601. The maximum absolute atomic E-state index is 11.7. The summed E-state index contributed by atoms with van der Waals surface area (Å²) < 4.78 is 5.07. The highest BCUT2D eigenvalue weighted by molar-refractivity contribution is 7.12. The van der Waals surface area contributed by atoms with Crippen molar-refractivity contribution in [2.24, 2.45) is 0 Å². The number of esters is 1. The van der Waals surface area contributed by atoms with Gasteiger partial charge in [-0.1, -0.05) is 12.1 Å². The van der Waals surface area contributed by atoms with Crippen LogP contribution in [0.15, 0.2) is 42.0 Å². The van der Waals surface area contributed by atoms with Crippen molar-refractivity contribution < 1.29 is 14.3 Å². The van der Waals surface area contributed by atoms with Crippen LogP contribution in [0.5, 0.6) is 0 Å². The van der Waals surface area contributed by atoms with E-state index in [0.29, 0.717) is 4.88 Å². The summed E-state index contributed by atoms with van der Waals surface area (Å²) >= 11 is 1.38. The third kappa shape index (κ3) is 4.30. The Kier molecular flexibility index (Phi) is 4.80. The van der Waals surface area contributed by atoms with E-state index in [4.69, 9.17) is 4.74 Å². The molecule has 0 aliphatic heterocycles. The Labute approximate surface area is 115 Å². The van der Waals surface area contributed by atoms with Crippen molar-refractivity contribution in [3.8, 4) is 0 Å². The minimum Gasteiger partial charge on any atom is -0.461 e. The van der Waals surface area contributed by atoms with E-state index in [1.54, 1.807) is 24.5 Å².